The van der Waals surface area contributed by atoms with Gasteiger partial charge in [-0.15, -0.1) is 0 Å². The number of hydrogen-bond acceptors (Lipinski definition) is 9. The molecule has 2 bridgehead atoms. The Morgan fingerprint density at radius 1 is 1.18 bits per heavy atom. The first-order chi connectivity index (χ1) is 18.1. The number of fused-ring (bicyclic) bond motifs is 5. The van der Waals surface area contributed by atoms with Gasteiger partial charge in [0.15, 0.2) is 11.9 Å². The van der Waals surface area contributed by atoms with E-state index in [9.17, 15) is 30.0 Å². The Kier molecular flexibility index (Phi) is 6.69. The summed E-state index contributed by atoms with van der Waals surface area (Å²) in [6.45, 7) is 8.89. The van der Waals surface area contributed by atoms with E-state index in [4.69, 9.17) is 15.2 Å². The molecule has 5 rings (SSSR count). The molecule has 3 fully saturated rings. The minimum Gasteiger partial charge on any atom is -0.456 e. The van der Waals surface area contributed by atoms with Gasteiger partial charge in [-0.3, -0.25) is 4.79 Å². The third-order valence-electron chi connectivity index (χ3n) is 10.7. The lowest BCUT2D eigenvalue weighted by molar-refractivity contribution is -0.320. The van der Waals surface area contributed by atoms with Crippen molar-refractivity contribution in [2.45, 2.75) is 95.5 Å². The lowest BCUT2D eigenvalue weighted by Crippen LogP contribution is -2.76. The lowest BCUT2D eigenvalue weighted by atomic mass is 9.43. The predicted molar refractivity (Wildman–Crippen MR) is 141 cm³/mol. The van der Waals surface area contributed by atoms with Gasteiger partial charge in [-0.2, -0.15) is 0 Å². The molecule has 1 aromatic rings. The first-order valence-electron chi connectivity index (χ1n) is 13.8. The standard InChI is InChI=1S/C30H41NO8/c1-15-18(39-26(35)23(33)21(31)17-9-7-6-8-10-17)13-30(37)16(2)24-28(5,12-11-19-29(24,36)14-38-19)25(34)22(32)20(15)27(30,3)4/h6-10,16,18-19,21-24,32-33,36-37H,11-14,31H2,1-5H3/t16?,18?,19?,21?,22?,23?,24?,28-,29?,30?/m1/s1. The quantitative estimate of drug-likeness (QED) is 0.281. The fourth-order valence-electron chi connectivity index (χ4n) is 8.36. The molecule has 9 unspecified atom stereocenters. The third kappa shape index (κ3) is 3.81. The van der Waals surface area contributed by atoms with Crippen molar-refractivity contribution in [2.75, 3.05) is 6.61 Å². The van der Waals surface area contributed by atoms with Crippen molar-refractivity contribution in [1.82, 2.24) is 0 Å². The predicted octanol–water partition coefficient (Wildman–Crippen LogP) is 1.56. The molecule has 4 aliphatic rings. The van der Waals surface area contributed by atoms with Crippen LogP contribution < -0.4 is 5.73 Å². The molecular formula is C30H41NO8. The smallest absolute Gasteiger partial charge is 0.337 e. The molecule has 9 nitrogen and oxygen atoms in total. The summed E-state index contributed by atoms with van der Waals surface area (Å²) < 4.78 is 11.4. The summed E-state index contributed by atoms with van der Waals surface area (Å²) in [6, 6.07) is 7.66. The normalized spacial score (nSPS) is 42.7. The van der Waals surface area contributed by atoms with Crippen molar-refractivity contribution in [3.8, 4) is 0 Å². The second-order valence-corrected chi connectivity index (χ2v) is 12.9. The van der Waals surface area contributed by atoms with Gasteiger partial charge < -0.3 is 35.6 Å². The summed E-state index contributed by atoms with van der Waals surface area (Å²) in [5.74, 6) is -2.71. The zero-order chi connectivity index (χ0) is 28.7. The van der Waals surface area contributed by atoms with Gasteiger partial charge in [0, 0.05) is 23.2 Å². The average Bonchev–Trinajstić information content (AvgIpc) is 2.88. The Balaban J connectivity index is 1.55. The lowest BCUT2D eigenvalue weighted by Gasteiger charge is -2.66. The number of benzene rings is 1. The maximum atomic E-state index is 14.1. The van der Waals surface area contributed by atoms with E-state index in [0.29, 0.717) is 29.6 Å². The SMILES string of the molecule is CC1=C2C(O)C(=O)[C@]3(C)CCC4OCC4(O)C3C(C)C(O)(CC1OC(=O)C(O)C(N)c1ccccc1)C2(C)C. The van der Waals surface area contributed by atoms with Crippen molar-refractivity contribution in [3.63, 3.8) is 0 Å². The summed E-state index contributed by atoms with van der Waals surface area (Å²) in [6.07, 6.45) is -3.85. The molecule has 214 valence electrons. The Bertz CT molecular complexity index is 1200. The van der Waals surface area contributed by atoms with Crippen LogP contribution >= 0.6 is 0 Å². The molecule has 0 aromatic heterocycles. The maximum Gasteiger partial charge on any atom is 0.337 e. The van der Waals surface area contributed by atoms with Crippen LogP contribution in [-0.4, -0.2) is 74.4 Å². The number of esters is 1. The Labute approximate surface area is 229 Å². The monoisotopic (exact) mass is 543 g/mol. The number of ether oxygens (including phenoxy) is 2. The fourth-order valence-corrected chi connectivity index (χ4v) is 8.36. The van der Waals surface area contributed by atoms with Crippen LogP contribution in [0.25, 0.3) is 0 Å². The van der Waals surface area contributed by atoms with Gasteiger partial charge in [-0.1, -0.05) is 58.0 Å². The van der Waals surface area contributed by atoms with Gasteiger partial charge in [-0.25, -0.2) is 4.79 Å². The number of ketones is 1. The minimum absolute atomic E-state index is 0.0371. The minimum atomic E-state index is -1.67. The third-order valence-corrected chi connectivity index (χ3v) is 10.7. The molecule has 1 aromatic carbocycles. The van der Waals surface area contributed by atoms with Gasteiger partial charge in [0.05, 0.1) is 24.4 Å². The summed E-state index contributed by atoms with van der Waals surface area (Å²) in [5, 5.41) is 46.7. The topological polar surface area (TPSA) is 160 Å². The summed E-state index contributed by atoms with van der Waals surface area (Å²) in [7, 11) is 0. The van der Waals surface area contributed by atoms with Crippen LogP contribution in [0.4, 0.5) is 0 Å². The number of nitrogens with two attached hydrogens (primary N) is 1. The highest BCUT2D eigenvalue weighted by Crippen LogP contribution is 2.64. The van der Waals surface area contributed by atoms with Crippen molar-refractivity contribution in [2.24, 2.45) is 28.4 Å². The first kappa shape index (κ1) is 28.4. The molecule has 1 aliphatic heterocycles. The average molecular weight is 544 g/mol. The number of Topliss-reactive ketones (excluding diaryl/α,β-unsaturated/α-hetero) is 1. The van der Waals surface area contributed by atoms with Gasteiger partial charge in [0.1, 0.15) is 17.8 Å². The van der Waals surface area contributed by atoms with Crippen molar-refractivity contribution in [1.29, 1.82) is 0 Å². The van der Waals surface area contributed by atoms with Crippen molar-refractivity contribution >= 4 is 11.8 Å². The maximum absolute atomic E-state index is 14.1. The molecule has 2 saturated carbocycles. The van der Waals surface area contributed by atoms with Crippen LogP contribution in [0.5, 0.6) is 0 Å². The number of carbonyl (C=O) groups is 2. The molecule has 1 saturated heterocycles. The van der Waals surface area contributed by atoms with Crippen LogP contribution in [0, 0.1) is 22.7 Å². The van der Waals surface area contributed by atoms with Gasteiger partial charge >= 0.3 is 5.97 Å². The van der Waals surface area contributed by atoms with E-state index in [-0.39, 0.29) is 13.0 Å². The molecule has 39 heavy (non-hydrogen) atoms. The van der Waals surface area contributed by atoms with Crippen LogP contribution in [0.1, 0.15) is 65.5 Å². The van der Waals surface area contributed by atoms with E-state index in [1.165, 1.54) is 0 Å². The van der Waals surface area contributed by atoms with E-state index < -0.39 is 76.1 Å². The van der Waals surface area contributed by atoms with Crippen LogP contribution in [0.15, 0.2) is 41.5 Å². The Morgan fingerprint density at radius 3 is 2.41 bits per heavy atom. The number of rotatable bonds is 4. The van der Waals surface area contributed by atoms with Gasteiger partial charge in [0.25, 0.3) is 0 Å². The number of aliphatic hydroxyl groups is 4. The van der Waals surface area contributed by atoms with Crippen molar-refractivity contribution < 1.29 is 39.5 Å². The van der Waals surface area contributed by atoms with Crippen LogP contribution in [0.2, 0.25) is 0 Å². The van der Waals surface area contributed by atoms with E-state index in [1.54, 1.807) is 58.0 Å². The molecule has 0 radical (unpaired) electrons. The van der Waals surface area contributed by atoms with Gasteiger partial charge in [-0.05, 0) is 42.4 Å². The highest BCUT2D eigenvalue weighted by atomic mass is 16.6. The van der Waals surface area contributed by atoms with Crippen LogP contribution in [-0.2, 0) is 19.1 Å². The summed E-state index contributed by atoms with van der Waals surface area (Å²) in [5.41, 5.74) is 2.39. The molecular weight excluding hydrogens is 502 g/mol. The second kappa shape index (κ2) is 9.19. The molecule has 1 heterocycles. The highest BCUT2D eigenvalue weighted by Gasteiger charge is 2.71. The molecule has 10 atom stereocenters. The number of hydrogen-bond donors (Lipinski definition) is 5. The number of aliphatic hydroxyl groups excluding tert-OH is 2. The molecule has 0 amide bonds. The molecule has 3 aliphatic carbocycles. The fraction of sp³-hybridized carbons (Fsp3) is 0.667. The van der Waals surface area contributed by atoms with E-state index in [0.717, 1.165) is 0 Å². The molecule has 6 N–H and O–H groups in total. The van der Waals surface area contributed by atoms with Crippen molar-refractivity contribution in [3.05, 3.63) is 47.0 Å². The highest BCUT2D eigenvalue weighted by molar-refractivity contribution is 5.92. The second-order valence-electron chi connectivity index (χ2n) is 12.9. The number of carbonyl (C=O) groups excluding carboxylic acids is 2. The summed E-state index contributed by atoms with van der Waals surface area (Å²) >= 11 is 0. The van der Waals surface area contributed by atoms with E-state index >= 15 is 0 Å². The zero-order valence-electron chi connectivity index (χ0n) is 23.3. The van der Waals surface area contributed by atoms with Gasteiger partial charge in [0.2, 0.25) is 0 Å². The van der Waals surface area contributed by atoms with E-state index in [1.807, 2.05) is 6.92 Å². The summed E-state index contributed by atoms with van der Waals surface area (Å²) in [4.78, 5) is 27.2. The van der Waals surface area contributed by atoms with E-state index in [2.05, 4.69) is 0 Å². The zero-order valence-corrected chi connectivity index (χ0v) is 23.3. The molecule has 9 heteroatoms. The largest absolute Gasteiger partial charge is 0.456 e. The Hall–Kier alpha value is -2.14. The van der Waals surface area contributed by atoms with Crippen LogP contribution in [0.3, 0.4) is 0 Å². The Morgan fingerprint density at radius 2 is 1.82 bits per heavy atom. The molecule has 0 spiro atoms. The first-order valence-corrected chi connectivity index (χ1v) is 13.8.